The summed E-state index contributed by atoms with van der Waals surface area (Å²) in [5, 5.41) is 3.50. The van der Waals surface area contributed by atoms with Gasteiger partial charge in [-0.2, -0.15) is 0 Å². The van der Waals surface area contributed by atoms with Crippen molar-refractivity contribution in [2.75, 3.05) is 13.2 Å². The highest BCUT2D eigenvalue weighted by molar-refractivity contribution is 4.84. The van der Waals surface area contributed by atoms with E-state index in [1.807, 2.05) is 0 Å². The average molecular weight is 141 g/mol. The van der Waals surface area contributed by atoms with E-state index in [-0.39, 0.29) is 0 Å². The van der Waals surface area contributed by atoms with Gasteiger partial charge in [0.1, 0.15) is 0 Å². The molecule has 0 aromatic rings. The standard InChI is InChI=1S/C8H15NO/c1-4-8-7(9-5-1)3-2-6-10-8/h7-9H,1-6H2/t7-,8-/m0/s1. The van der Waals surface area contributed by atoms with Crippen molar-refractivity contribution in [3.63, 3.8) is 0 Å². The average Bonchev–Trinajstić information content (AvgIpc) is 2.05. The molecular formula is C8H15NO. The summed E-state index contributed by atoms with van der Waals surface area (Å²) in [5.41, 5.74) is 0. The smallest absolute Gasteiger partial charge is 0.0728 e. The largest absolute Gasteiger partial charge is 0.377 e. The van der Waals surface area contributed by atoms with Crippen molar-refractivity contribution < 1.29 is 4.74 Å². The normalized spacial score (nSPS) is 40.8. The Hall–Kier alpha value is -0.0800. The third-order valence-electron chi connectivity index (χ3n) is 2.51. The highest BCUT2D eigenvalue weighted by atomic mass is 16.5. The fourth-order valence-electron chi connectivity index (χ4n) is 1.95. The predicted octanol–water partition coefficient (Wildman–Crippen LogP) is 0.917. The van der Waals surface area contributed by atoms with Crippen molar-refractivity contribution >= 4 is 0 Å². The zero-order valence-corrected chi connectivity index (χ0v) is 6.31. The second-order valence-corrected chi connectivity index (χ2v) is 3.25. The van der Waals surface area contributed by atoms with Crippen LogP contribution < -0.4 is 5.32 Å². The number of fused-ring (bicyclic) bond motifs is 1. The van der Waals surface area contributed by atoms with Crippen molar-refractivity contribution in [3.8, 4) is 0 Å². The molecule has 58 valence electrons. The highest BCUT2D eigenvalue weighted by Crippen LogP contribution is 2.20. The van der Waals surface area contributed by atoms with Gasteiger partial charge >= 0.3 is 0 Å². The molecule has 0 radical (unpaired) electrons. The van der Waals surface area contributed by atoms with Crippen LogP contribution in [0.5, 0.6) is 0 Å². The Morgan fingerprint density at radius 2 is 2.20 bits per heavy atom. The Morgan fingerprint density at radius 1 is 1.20 bits per heavy atom. The molecule has 2 rings (SSSR count). The van der Waals surface area contributed by atoms with E-state index in [2.05, 4.69) is 5.32 Å². The summed E-state index contributed by atoms with van der Waals surface area (Å²) in [5.74, 6) is 0. The number of hydrogen-bond acceptors (Lipinski definition) is 2. The van der Waals surface area contributed by atoms with Crippen LogP contribution in [-0.4, -0.2) is 25.3 Å². The maximum Gasteiger partial charge on any atom is 0.0728 e. The van der Waals surface area contributed by atoms with Gasteiger partial charge in [-0.25, -0.2) is 0 Å². The fraction of sp³-hybridized carbons (Fsp3) is 1.00. The minimum Gasteiger partial charge on any atom is -0.377 e. The van der Waals surface area contributed by atoms with E-state index in [4.69, 9.17) is 4.74 Å². The van der Waals surface area contributed by atoms with Gasteiger partial charge in [0, 0.05) is 12.6 Å². The Kier molecular flexibility index (Phi) is 1.91. The van der Waals surface area contributed by atoms with E-state index >= 15 is 0 Å². The zero-order valence-electron chi connectivity index (χ0n) is 6.31. The van der Waals surface area contributed by atoms with Gasteiger partial charge in [0.15, 0.2) is 0 Å². The Bertz CT molecular complexity index is 89.8. The first-order chi connectivity index (χ1) is 4.97. The minimum absolute atomic E-state index is 0.544. The molecule has 2 fully saturated rings. The van der Waals surface area contributed by atoms with Crippen molar-refractivity contribution in [2.24, 2.45) is 0 Å². The van der Waals surface area contributed by atoms with Crippen LogP contribution in [0.1, 0.15) is 25.7 Å². The van der Waals surface area contributed by atoms with Crippen molar-refractivity contribution in [2.45, 2.75) is 37.8 Å². The lowest BCUT2D eigenvalue weighted by atomic mass is 9.95. The first-order valence-electron chi connectivity index (χ1n) is 4.32. The number of rotatable bonds is 0. The summed E-state index contributed by atoms with van der Waals surface area (Å²) < 4.78 is 5.62. The molecule has 2 heterocycles. The summed E-state index contributed by atoms with van der Waals surface area (Å²) in [6.07, 6.45) is 5.68. The lowest BCUT2D eigenvalue weighted by Crippen LogP contribution is -2.48. The van der Waals surface area contributed by atoms with Gasteiger partial charge in [0.25, 0.3) is 0 Å². The molecule has 1 N–H and O–H groups in total. The Balaban J connectivity index is 1.93. The van der Waals surface area contributed by atoms with Crippen molar-refractivity contribution in [1.82, 2.24) is 5.32 Å². The van der Waals surface area contributed by atoms with Crippen LogP contribution in [0.4, 0.5) is 0 Å². The third-order valence-corrected chi connectivity index (χ3v) is 2.51. The monoisotopic (exact) mass is 141 g/mol. The summed E-state index contributed by atoms with van der Waals surface area (Å²) in [7, 11) is 0. The number of ether oxygens (including phenoxy) is 1. The van der Waals surface area contributed by atoms with Crippen LogP contribution in [0.3, 0.4) is 0 Å². The van der Waals surface area contributed by atoms with Gasteiger partial charge in [-0.3, -0.25) is 0 Å². The molecule has 0 saturated carbocycles. The minimum atomic E-state index is 0.544. The van der Waals surface area contributed by atoms with E-state index < -0.39 is 0 Å². The van der Waals surface area contributed by atoms with E-state index in [9.17, 15) is 0 Å². The van der Waals surface area contributed by atoms with E-state index in [1.165, 1.54) is 32.2 Å². The Morgan fingerprint density at radius 3 is 3.10 bits per heavy atom. The van der Waals surface area contributed by atoms with Gasteiger partial charge in [0.05, 0.1) is 6.10 Å². The topological polar surface area (TPSA) is 21.3 Å². The molecule has 0 bridgehead atoms. The number of nitrogens with one attached hydrogen (secondary N) is 1. The van der Waals surface area contributed by atoms with Crippen molar-refractivity contribution in [3.05, 3.63) is 0 Å². The van der Waals surface area contributed by atoms with Gasteiger partial charge in [0.2, 0.25) is 0 Å². The third kappa shape index (κ3) is 1.18. The molecule has 0 spiro atoms. The molecule has 0 amide bonds. The van der Waals surface area contributed by atoms with Crippen LogP contribution in [0.2, 0.25) is 0 Å². The summed E-state index contributed by atoms with van der Waals surface area (Å²) in [6.45, 7) is 2.19. The van der Waals surface area contributed by atoms with Crippen LogP contribution in [-0.2, 0) is 4.74 Å². The number of hydrogen-bond donors (Lipinski definition) is 1. The highest BCUT2D eigenvalue weighted by Gasteiger charge is 2.27. The van der Waals surface area contributed by atoms with Gasteiger partial charge in [-0.05, 0) is 32.2 Å². The van der Waals surface area contributed by atoms with Crippen LogP contribution >= 0.6 is 0 Å². The molecular weight excluding hydrogens is 126 g/mol. The number of piperidine rings is 1. The van der Waals surface area contributed by atoms with Crippen LogP contribution in [0.25, 0.3) is 0 Å². The molecule has 0 aliphatic carbocycles. The van der Waals surface area contributed by atoms with Gasteiger partial charge in [-0.15, -0.1) is 0 Å². The van der Waals surface area contributed by atoms with Crippen LogP contribution in [0, 0.1) is 0 Å². The summed E-state index contributed by atoms with van der Waals surface area (Å²) >= 11 is 0. The van der Waals surface area contributed by atoms with Crippen LogP contribution in [0.15, 0.2) is 0 Å². The Labute approximate surface area is 61.9 Å². The molecule has 0 unspecified atom stereocenters. The lowest BCUT2D eigenvalue weighted by Gasteiger charge is -2.36. The molecule has 2 aliphatic rings. The maximum atomic E-state index is 5.62. The van der Waals surface area contributed by atoms with E-state index in [0.717, 1.165) is 6.61 Å². The first-order valence-corrected chi connectivity index (χ1v) is 4.32. The molecule has 2 saturated heterocycles. The molecule has 2 nitrogen and oxygen atoms in total. The molecule has 0 aromatic carbocycles. The predicted molar refractivity (Wildman–Crippen MR) is 40.0 cm³/mol. The second-order valence-electron chi connectivity index (χ2n) is 3.25. The second kappa shape index (κ2) is 2.89. The van der Waals surface area contributed by atoms with Gasteiger partial charge < -0.3 is 10.1 Å². The van der Waals surface area contributed by atoms with E-state index in [0.29, 0.717) is 12.1 Å². The lowest BCUT2D eigenvalue weighted by molar-refractivity contribution is -0.0254. The zero-order chi connectivity index (χ0) is 6.81. The molecule has 2 heteroatoms. The molecule has 2 aliphatic heterocycles. The molecule has 2 atom stereocenters. The van der Waals surface area contributed by atoms with Crippen molar-refractivity contribution in [1.29, 1.82) is 0 Å². The SMILES string of the molecule is C1CO[C@H]2CCCN[C@H]2C1. The summed E-state index contributed by atoms with van der Waals surface area (Å²) in [4.78, 5) is 0. The summed E-state index contributed by atoms with van der Waals surface area (Å²) in [6, 6.07) is 0.683. The van der Waals surface area contributed by atoms with Gasteiger partial charge in [-0.1, -0.05) is 0 Å². The quantitative estimate of drug-likeness (QED) is 0.541. The maximum absolute atomic E-state index is 5.62. The molecule has 10 heavy (non-hydrogen) atoms. The van der Waals surface area contributed by atoms with E-state index in [1.54, 1.807) is 0 Å². The first kappa shape index (κ1) is 6.62. The fourth-order valence-corrected chi connectivity index (χ4v) is 1.95. The molecule has 0 aromatic heterocycles.